The molecule has 0 spiro atoms. The molecule has 3 N–H and O–H groups in total. The van der Waals surface area contributed by atoms with Crippen LogP contribution in [0.1, 0.15) is 43.4 Å². The summed E-state index contributed by atoms with van der Waals surface area (Å²) < 4.78 is 32.8. The molecule has 0 radical (unpaired) electrons. The number of rotatable bonds is 5. The summed E-state index contributed by atoms with van der Waals surface area (Å²) in [6.45, 7) is 8.29. The summed E-state index contributed by atoms with van der Waals surface area (Å²) in [7, 11) is -3.57. The van der Waals surface area contributed by atoms with Crippen LogP contribution in [0.5, 0.6) is 5.75 Å². The van der Waals surface area contributed by atoms with Crippen LogP contribution in [0.4, 0.5) is 0 Å². The van der Waals surface area contributed by atoms with Crippen LogP contribution in [-0.2, 0) is 10.0 Å². The molecule has 1 aromatic rings. The fraction of sp³-hybridized carbons (Fsp3) is 0.467. The summed E-state index contributed by atoms with van der Waals surface area (Å²) in [5, 5.41) is 0. The van der Waals surface area contributed by atoms with E-state index in [1.54, 1.807) is 12.1 Å². The number of sulfonamides is 1. The molecule has 0 aromatic heterocycles. The molecule has 0 aliphatic carbocycles. The fourth-order valence-electron chi connectivity index (χ4n) is 2.37. The quantitative estimate of drug-likeness (QED) is 0.816. The van der Waals surface area contributed by atoms with E-state index >= 15 is 0 Å². The lowest BCUT2D eigenvalue weighted by atomic mass is 9.93. The van der Waals surface area contributed by atoms with Gasteiger partial charge in [0.1, 0.15) is 5.75 Å². The molecule has 1 aliphatic heterocycles. The van der Waals surface area contributed by atoms with E-state index in [4.69, 9.17) is 10.5 Å². The SMILES string of the molecule is C=CCNS(=O)(=O)c1cc(C(C)C)c2c(c1)C(N)CCO2. The lowest BCUT2D eigenvalue weighted by Crippen LogP contribution is -2.26. The van der Waals surface area contributed by atoms with Gasteiger partial charge >= 0.3 is 0 Å². The van der Waals surface area contributed by atoms with Crippen molar-refractivity contribution in [2.45, 2.75) is 37.1 Å². The lowest BCUT2D eigenvalue weighted by Gasteiger charge is -2.27. The number of fused-ring (bicyclic) bond motifs is 1. The van der Waals surface area contributed by atoms with Gasteiger partial charge in [-0.15, -0.1) is 6.58 Å². The van der Waals surface area contributed by atoms with Crippen LogP contribution >= 0.6 is 0 Å². The van der Waals surface area contributed by atoms with Crippen molar-refractivity contribution in [2.24, 2.45) is 5.73 Å². The third-order valence-electron chi connectivity index (χ3n) is 3.54. The van der Waals surface area contributed by atoms with Crippen molar-refractivity contribution < 1.29 is 13.2 Å². The second-order valence-corrected chi connectivity index (χ2v) is 7.24. The highest BCUT2D eigenvalue weighted by molar-refractivity contribution is 7.89. The highest BCUT2D eigenvalue weighted by Gasteiger charge is 2.26. The number of hydrogen-bond acceptors (Lipinski definition) is 4. The molecule has 0 saturated heterocycles. The fourth-order valence-corrected chi connectivity index (χ4v) is 3.44. The largest absolute Gasteiger partial charge is 0.493 e. The van der Waals surface area contributed by atoms with Crippen LogP contribution < -0.4 is 15.2 Å². The molecule has 2 rings (SSSR count). The third-order valence-corrected chi connectivity index (χ3v) is 4.95. The van der Waals surface area contributed by atoms with Crippen LogP contribution in [-0.4, -0.2) is 21.6 Å². The van der Waals surface area contributed by atoms with Gasteiger partial charge in [0.25, 0.3) is 0 Å². The molecule has 5 nitrogen and oxygen atoms in total. The van der Waals surface area contributed by atoms with E-state index in [-0.39, 0.29) is 23.4 Å². The van der Waals surface area contributed by atoms with E-state index < -0.39 is 10.0 Å². The first-order valence-electron chi connectivity index (χ1n) is 7.03. The Morgan fingerprint density at radius 2 is 2.24 bits per heavy atom. The van der Waals surface area contributed by atoms with E-state index in [1.807, 2.05) is 13.8 Å². The Balaban J connectivity index is 2.56. The van der Waals surface area contributed by atoms with E-state index in [0.29, 0.717) is 13.0 Å². The Kier molecular flexibility index (Phi) is 4.70. The van der Waals surface area contributed by atoms with Crippen LogP contribution in [0.3, 0.4) is 0 Å². The molecular weight excluding hydrogens is 288 g/mol. The van der Waals surface area contributed by atoms with E-state index in [0.717, 1.165) is 16.9 Å². The maximum absolute atomic E-state index is 12.3. The zero-order chi connectivity index (χ0) is 15.6. The van der Waals surface area contributed by atoms with Crippen molar-refractivity contribution in [2.75, 3.05) is 13.2 Å². The molecule has 1 aromatic carbocycles. The van der Waals surface area contributed by atoms with Crippen molar-refractivity contribution in [1.29, 1.82) is 0 Å². The van der Waals surface area contributed by atoms with Gasteiger partial charge in [-0.3, -0.25) is 0 Å². The summed E-state index contributed by atoms with van der Waals surface area (Å²) in [6, 6.07) is 3.10. The molecule has 1 unspecified atom stereocenters. The number of hydrogen-bond donors (Lipinski definition) is 2. The Hall–Kier alpha value is -1.37. The first-order chi connectivity index (χ1) is 9.86. The Morgan fingerprint density at radius 1 is 1.52 bits per heavy atom. The van der Waals surface area contributed by atoms with Crippen molar-refractivity contribution >= 4 is 10.0 Å². The second kappa shape index (κ2) is 6.17. The predicted molar refractivity (Wildman–Crippen MR) is 83.0 cm³/mol. The first kappa shape index (κ1) is 16.0. The average molecular weight is 310 g/mol. The molecular formula is C15H22N2O3S. The zero-order valence-electron chi connectivity index (χ0n) is 12.4. The van der Waals surface area contributed by atoms with Crippen LogP contribution in [0.2, 0.25) is 0 Å². The number of benzene rings is 1. The normalized spacial score (nSPS) is 18.2. The average Bonchev–Trinajstić information content (AvgIpc) is 2.44. The van der Waals surface area contributed by atoms with Gasteiger partial charge in [0.05, 0.1) is 11.5 Å². The summed E-state index contributed by atoms with van der Waals surface area (Å²) in [4.78, 5) is 0.229. The molecule has 6 heteroatoms. The van der Waals surface area contributed by atoms with Gasteiger partial charge in [0.15, 0.2) is 0 Å². The maximum atomic E-state index is 12.3. The number of ether oxygens (including phenoxy) is 1. The summed E-state index contributed by atoms with van der Waals surface area (Å²) in [5.41, 5.74) is 7.76. The lowest BCUT2D eigenvalue weighted by molar-refractivity contribution is 0.264. The van der Waals surface area contributed by atoms with Gasteiger partial charge < -0.3 is 10.5 Å². The number of nitrogens with one attached hydrogen (secondary N) is 1. The molecule has 1 heterocycles. The van der Waals surface area contributed by atoms with Gasteiger partial charge in [0.2, 0.25) is 10.0 Å². The first-order valence-corrected chi connectivity index (χ1v) is 8.52. The Morgan fingerprint density at radius 3 is 2.86 bits per heavy atom. The maximum Gasteiger partial charge on any atom is 0.240 e. The van der Waals surface area contributed by atoms with Gasteiger partial charge in [-0.25, -0.2) is 13.1 Å². The van der Waals surface area contributed by atoms with Crippen molar-refractivity contribution in [3.63, 3.8) is 0 Å². The minimum absolute atomic E-state index is 0.151. The highest BCUT2D eigenvalue weighted by Crippen LogP contribution is 2.39. The molecule has 0 saturated carbocycles. The molecule has 0 amide bonds. The van der Waals surface area contributed by atoms with Gasteiger partial charge in [0, 0.05) is 24.6 Å². The molecule has 0 bridgehead atoms. The minimum Gasteiger partial charge on any atom is -0.493 e. The van der Waals surface area contributed by atoms with Gasteiger partial charge in [-0.2, -0.15) is 0 Å². The summed E-state index contributed by atoms with van der Waals surface area (Å²) in [6.07, 6.45) is 2.20. The molecule has 21 heavy (non-hydrogen) atoms. The second-order valence-electron chi connectivity index (χ2n) is 5.47. The molecule has 1 aliphatic rings. The van der Waals surface area contributed by atoms with E-state index in [2.05, 4.69) is 11.3 Å². The smallest absolute Gasteiger partial charge is 0.240 e. The van der Waals surface area contributed by atoms with Crippen LogP contribution in [0, 0.1) is 0 Å². The Bertz CT molecular complexity index is 621. The van der Waals surface area contributed by atoms with Crippen molar-refractivity contribution in [1.82, 2.24) is 4.72 Å². The van der Waals surface area contributed by atoms with Crippen molar-refractivity contribution in [3.8, 4) is 5.75 Å². The van der Waals surface area contributed by atoms with Crippen LogP contribution in [0.25, 0.3) is 0 Å². The standard InChI is InChI=1S/C15H22N2O3S/c1-4-6-17-21(18,19)11-8-12(10(2)3)15-13(9-11)14(16)5-7-20-15/h4,8-10,14,17H,1,5-7,16H2,2-3H3. The Labute approximate surface area is 126 Å². The van der Waals surface area contributed by atoms with E-state index in [1.165, 1.54) is 6.08 Å². The zero-order valence-corrected chi connectivity index (χ0v) is 13.2. The monoisotopic (exact) mass is 310 g/mol. The highest BCUT2D eigenvalue weighted by atomic mass is 32.2. The topological polar surface area (TPSA) is 81.4 Å². The number of nitrogens with two attached hydrogens (primary N) is 1. The minimum atomic E-state index is -3.57. The van der Waals surface area contributed by atoms with Crippen LogP contribution in [0.15, 0.2) is 29.7 Å². The third kappa shape index (κ3) is 3.28. The summed E-state index contributed by atoms with van der Waals surface area (Å²) in [5.74, 6) is 0.894. The van der Waals surface area contributed by atoms with E-state index in [9.17, 15) is 8.42 Å². The van der Waals surface area contributed by atoms with Gasteiger partial charge in [-0.1, -0.05) is 19.9 Å². The molecule has 116 valence electrons. The summed E-state index contributed by atoms with van der Waals surface area (Å²) >= 11 is 0. The molecule has 0 fully saturated rings. The predicted octanol–water partition coefficient (Wildman–Crippen LogP) is 2.06. The molecule has 1 atom stereocenters. The van der Waals surface area contributed by atoms with Crippen molar-refractivity contribution in [3.05, 3.63) is 35.9 Å². The van der Waals surface area contributed by atoms with Gasteiger partial charge in [-0.05, 0) is 23.6 Å².